The van der Waals surface area contributed by atoms with Crippen LogP contribution in [0.15, 0.2) is 79.1 Å². The van der Waals surface area contributed by atoms with Gasteiger partial charge in [-0.2, -0.15) is 0 Å². The van der Waals surface area contributed by atoms with Crippen LogP contribution in [0, 0.1) is 0 Å². The Hall–Kier alpha value is -2.65. The number of nitrogens with one attached hydrogen (secondary N) is 1. The van der Waals surface area contributed by atoms with Crippen molar-refractivity contribution >= 4 is 57.4 Å². The highest BCUT2D eigenvalue weighted by atomic mass is 35.6. The van der Waals surface area contributed by atoms with Gasteiger partial charge in [0.15, 0.2) is 6.29 Å². The number of halogens is 3. The van der Waals surface area contributed by atoms with Gasteiger partial charge in [0.1, 0.15) is 0 Å². The predicted octanol–water partition coefficient (Wildman–Crippen LogP) is 6.08. The second-order valence-electron chi connectivity index (χ2n) is 8.81. The average Bonchev–Trinajstić information content (AvgIpc) is 3.31. The Morgan fingerprint density at radius 2 is 1.70 bits per heavy atom. The summed E-state index contributed by atoms with van der Waals surface area (Å²) in [5, 5.41) is 12.0. The highest BCUT2D eigenvalue weighted by Crippen LogP contribution is 2.39. The number of carbonyl (C=O) groups is 1. The zero-order valence-electron chi connectivity index (χ0n) is 19.6. The maximum absolute atomic E-state index is 12.0. The van der Waals surface area contributed by atoms with Crippen molar-refractivity contribution in [2.75, 3.05) is 5.32 Å². The number of aromatic nitrogens is 2. The summed E-state index contributed by atoms with van der Waals surface area (Å²) in [6.07, 6.45) is 1.43. The Kier molecular flexibility index (Phi) is 7.72. The number of hydrogen-bond donors (Lipinski definition) is 2. The normalized spacial score (nSPS) is 20.2. The highest BCUT2D eigenvalue weighted by molar-refractivity contribution is 6.76. The van der Waals surface area contributed by atoms with Crippen molar-refractivity contribution < 1.29 is 19.4 Å². The summed E-state index contributed by atoms with van der Waals surface area (Å²) in [7, 11) is 0. The predicted molar refractivity (Wildman–Crippen MR) is 144 cm³/mol. The van der Waals surface area contributed by atoms with E-state index in [1.807, 2.05) is 54.9 Å². The van der Waals surface area contributed by atoms with E-state index < -0.39 is 16.0 Å². The molecule has 0 spiro atoms. The van der Waals surface area contributed by atoms with Crippen LogP contribution < -0.4 is 5.32 Å². The first-order valence-corrected chi connectivity index (χ1v) is 12.8. The van der Waals surface area contributed by atoms with E-state index in [1.54, 1.807) is 24.3 Å². The van der Waals surface area contributed by atoms with Gasteiger partial charge >= 0.3 is 0 Å². The van der Waals surface area contributed by atoms with Gasteiger partial charge < -0.3 is 24.5 Å². The van der Waals surface area contributed by atoms with Crippen LogP contribution in [0.2, 0.25) is 0 Å². The molecule has 1 fully saturated rings. The highest BCUT2D eigenvalue weighted by Gasteiger charge is 2.33. The lowest BCUT2D eigenvalue weighted by molar-refractivity contribution is -0.252. The van der Waals surface area contributed by atoms with Gasteiger partial charge in [0.05, 0.1) is 42.7 Å². The van der Waals surface area contributed by atoms with Gasteiger partial charge in [-0.25, -0.2) is 4.98 Å². The third-order valence-electron chi connectivity index (χ3n) is 6.24. The molecule has 3 aromatic carbocycles. The zero-order chi connectivity index (χ0) is 26.0. The van der Waals surface area contributed by atoms with Crippen molar-refractivity contribution in [3.8, 4) is 0 Å². The third kappa shape index (κ3) is 6.09. The number of rotatable bonds is 6. The molecule has 0 bridgehead atoms. The third-order valence-corrected chi connectivity index (χ3v) is 6.76. The topological polar surface area (TPSA) is 85.6 Å². The van der Waals surface area contributed by atoms with Crippen molar-refractivity contribution in [3.63, 3.8) is 0 Å². The number of nitrogens with zero attached hydrogens (tertiary/aromatic N) is 2. The zero-order valence-corrected chi connectivity index (χ0v) is 21.8. The van der Waals surface area contributed by atoms with E-state index in [1.165, 1.54) is 0 Å². The lowest BCUT2D eigenvalue weighted by atomic mass is 10.00. The minimum absolute atomic E-state index is 0.0188. The molecule has 2 N–H and O–H groups in total. The first-order valence-electron chi connectivity index (χ1n) is 11.7. The van der Waals surface area contributed by atoms with Gasteiger partial charge in [-0.15, -0.1) is 0 Å². The molecule has 37 heavy (non-hydrogen) atoms. The Balaban J connectivity index is 1.39. The van der Waals surface area contributed by atoms with Crippen LogP contribution in [-0.2, 0) is 27.4 Å². The van der Waals surface area contributed by atoms with E-state index in [0.29, 0.717) is 18.7 Å². The quantitative estimate of drug-likeness (QED) is 0.279. The van der Waals surface area contributed by atoms with Crippen LogP contribution in [-0.4, -0.2) is 30.5 Å². The fourth-order valence-corrected chi connectivity index (χ4v) is 4.48. The van der Waals surface area contributed by atoms with Gasteiger partial charge in [0.25, 0.3) is 9.70 Å². The van der Waals surface area contributed by atoms with Gasteiger partial charge in [0.2, 0.25) is 0 Å². The SMILES string of the molecule is O=C(Nc1ccc(C2OC(Cn3cnc4ccccc43)CC(c3ccc(CO)cc3)O2)cc1)C(Cl)(Cl)Cl. The maximum Gasteiger partial charge on any atom is 0.276 e. The Morgan fingerprint density at radius 1 is 1.00 bits per heavy atom. The molecule has 0 aliphatic carbocycles. The van der Waals surface area contributed by atoms with E-state index in [9.17, 15) is 9.90 Å². The number of anilines is 1. The van der Waals surface area contributed by atoms with E-state index in [4.69, 9.17) is 44.3 Å². The molecule has 3 atom stereocenters. The number of aliphatic hydroxyl groups is 1. The molecule has 1 amide bonds. The fourth-order valence-electron chi connectivity index (χ4n) is 4.33. The molecular formula is C27H24Cl3N3O4. The van der Waals surface area contributed by atoms with E-state index in [0.717, 1.165) is 27.7 Å². The number of para-hydroxylation sites is 2. The molecular weight excluding hydrogens is 537 g/mol. The standard InChI is InChI=1S/C27H24Cl3N3O4/c28-27(29,30)26(35)32-20-11-9-19(10-12-20)25-36-21(14-33-16-31-22-3-1-2-4-23(22)33)13-24(37-25)18-7-5-17(15-34)6-8-18/h1-12,16,21,24-25,34H,13-15H2,(H,32,35). The number of ether oxygens (including phenoxy) is 2. The second-order valence-corrected chi connectivity index (χ2v) is 11.1. The maximum atomic E-state index is 12.0. The molecule has 1 aliphatic heterocycles. The number of carbonyl (C=O) groups excluding carboxylic acids is 1. The lowest BCUT2D eigenvalue weighted by Gasteiger charge is -2.36. The summed E-state index contributed by atoms with van der Waals surface area (Å²) in [5.74, 6) is -0.741. The van der Waals surface area contributed by atoms with E-state index >= 15 is 0 Å². The Labute approximate surface area is 228 Å². The van der Waals surface area contributed by atoms with Gasteiger partial charge in [-0.3, -0.25) is 4.79 Å². The molecule has 1 aliphatic rings. The molecule has 1 saturated heterocycles. The summed E-state index contributed by atoms with van der Waals surface area (Å²) in [6.45, 7) is 0.581. The Bertz CT molecular complexity index is 1370. The molecule has 0 saturated carbocycles. The average molecular weight is 561 g/mol. The minimum Gasteiger partial charge on any atom is -0.392 e. The lowest BCUT2D eigenvalue weighted by Crippen LogP contribution is -2.32. The van der Waals surface area contributed by atoms with Crippen LogP contribution >= 0.6 is 34.8 Å². The largest absolute Gasteiger partial charge is 0.392 e. The summed E-state index contributed by atoms with van der Waals surface area (Å²) in [6, 6.07) is 22.7. The molecule has 10 heteroatoms. The van der Waals surface area contributed by atoms with Crippen molar-refractivity contribution in [1.29, 1.82) is 0 Å². The molecule has 3 unspecified atom stereocenters. The van der Waals surface area contributed by atoms with Crippen LogP contribution in [0.1, 0.15) is 35.5 Å². The Morgan fingerprint density at radius 3 is 2.41 bits per heavy atom. The monoisotopic (exact) mass is 559 g/mol. The molecule has 2 heterocycles. The minimum atomic E-state index is -2.06. The fraction of sp³-hybridized carbons (Fsp3) is 0.259. The van der Waals surface area contributed by atoms with Crippen molar-refractivity contribution in [2.45, 2.75) is 41.9 Å². The number of aliphatic hydroxyl groups excluding tert-OH is 1. The number of benzene rings is 3. The summed E-state index contributed by atoms with van der Waals surface area (Å²) >= 11 is 16.9. The van der Waals surface area contributed by atoms with Gasteiger partial charge in [-0.1, -0.05) is 83.3 Å². The molecule has 1 aromatic heterocycles. The summed E-state index contributed by atoms with van der Waals surface area (Å²) in [4.78, 5) is 16.5. The van der Waals surface area contributed by atoms with Crippen LogP contribution in [0.3, 0.4) is 0 Å². The summed E-state index contributed by atoms with van der Waals surface area (Å²) in [5.41, 5.74) is 5.05. The van der Waals surface area contributed by atoms with E-state index in [-0.39, 0.29) is 18.8 Å². The van der Waals surface area contributed by atoms with Gasteiger partial charge in [0, 0.05) is 17.7 Å². The van der Waals surface area contributed by atoms with E-state index in [2.05, 4.69) is 14.9 Å². The first kappa shape index (κ1) is 26.0. The number of amides is 1. The first-order chi connectivity index (χ1) is 17.8. The van der Waals surface area contributed by atoms with Crippen molar-refractivity contribution in [2.24, 2.45) is 0 Å². The van der Waals surface area contributed by atoms with Crippen molar-refractivity contribution in [3.05, 3.63) is 95.8 Å². The molecule has 7 nitrogen and oxygen atoms in total. The van der Waals surface area contributed by atoms with Crippen LogP contribution in [0.5, 0.6) is 0 Å². The number of imidazole rings is 1. The number of alkyl halides is 3. The summed E-state index contributed by atoms with van der Waals surface area (Å²) < 4.78 is 12.8. The van der Waals surface area contributed by atoms with Crippen molar-refractivity contribution in [1.82, 2.24) is 9.55 Å². The number of fused-ring (bicyclic) bond motifs is 1. The second kappa shape index (κ2) is 11.0. The molecule has 5 rings (SSSR count). The van der Waals surface area contributed by atoms with Crippen LogP contribution in [0.4, 0.5) is 5.69 Å². The smallest absolute Gasteiger partial charge is 0.276 e. The van der Waals surface area contributed by atoms with Crippen LogP contribution in [0.25, 0.3) is 11.0 Å². The molecule has 4 aromatic rings. The molecule has 192 valence electrons. The molecule has 0 radical (unpaired) electrons. The number of hydrogen-bond acceptors (Lipinski definition) is 5. The van der Waals surface area contributed by atoms with Gasteiger partial charge in [-0.05, 0) is 35.4 Å².